The van der Waals surface area contributed by atoms with E-state index in [-0.39, 0.29) is 0 Å². The van der Waals surface area contributed by atoms with Crippen LogP contribution in [-0.4, -0.2) is 0 Å². The standard InChI is InChI=1S/C7H9.2C2H6/c1-6-4-3-5-7(6)2;2*1-2/h3-5H,1-2H3;2*1-2H3. The van der Waals surface area contributed by atoms with Crippen molar-refractivity contribution in [2.75, 3.05) is 0 Å². The van der Waals surface area contributed by atoms with Crippen LogP contribution in [0.5, 0.6) is 0 Å². The number of hydrogen-bond acceptors (Lipinski definition) is 0. The van der Waals surface area contributed by atoms with Gasteiger partial charge in [-0.1, -0.05) is 58.4 Å². The van der Waals surface area contributed by atoms with Crippen LogP contribution in [0.3, 0.4) is 0 Å². The maximum absolute atomic E-state index is 2.12. The Morgan fingerprint density at radius 2 is 1.36 bits per heavy atom. The van der Waals surface area contributed by atoms with Gasteiger partial charge in [-0.3, -0.25) is 0 Å². The minimum atomic E-state index is 1.39. The molecule has 0 spiro atoms. The molecule has 0 aromatic carbocycles. The van der Waals surface area contributed by atoms with E-state index >= 15 is 0 Å². The molecule has 0 fully saturated rings. The van der Waals surface area contributed by atoms with E-state index in [1.165, 1.54) is 11.5 Å². The van der Waals surface area contributed by atoms with Gasteiger partial charge in [-0.2, -0.15) is 0 Å². The van der Waals surface area contributed by atoms with Gasteiger partial charge >= 0.3 is 0 Å². The van der Waals surface area contributed by atoms with E-state index in [1.54, 1.807) is 0 Å². The molecule has 0 N–H and O–H groups in total. The first-order valence-corrected chi connectivity index (χ1v) is 4.49. The molecule has 0 aromatic rings. The monoisotopic (exact) mass is 153 g/mol. The second-order valence-electron chi connectivity index (χ2n) is 1.89. The molecule has 1 radical (unpaired) electrons. The van der Waals surface area contributed by atoms with Gasteiger partial charge in [0.15, 0.2) is 0 Å². The van der Waals surface area contributed by atoms with E-state index in [0.29, 0.717) is 0 Å². The Morgan fingerprint density at radius 1 is 0.909 bits per heavy atom. The molecule has 0 aliphatic heterocycles. The third-order valence-corrected chi connectivity index (χ3v) is 1.31. The van der Waals surface area contributed by atoms with Crippen molar-refractivity contribution >= 4 is 0 Å². The van der Waals surface area contributed by atoms with Gasteiger partial charge in [0.25, 0.3) is 0 Å². The number of rotatable bonds is 0. The van der Waals surface area contributed by atoms with Gasteiger partial charge in [-0.05, 0) is 6.92 Å². The number of allylic oxidation sites excluding steroid dienone is 4. The van der Waals surface area contributed by atoms with Crippen molar-refractivity contribution in [1.82, 2.24) is 0 Å². The highest BCUT2D eigenvalue weighted by Gasteiger charge is 2.01. The summed E-state index contributed by atoms with van der Waals surface area (Å²) < 4.78 is 0. The molecule has 11 heavy (non-hydrogen) atoms. The highest BCUT2D eigenvalue weighted by Crippen LogP contribution is 2.18. The molecule has 1 aliphatic rings. The third kappa shape index (κ3) is 5.90. The van der Waals surface area contributed by atoms with Crippen LogP contribution in [-0.2, 0) is 0 Å². The van der Waals surface area contributed by atoms with Crippen molar-refractivity contribution in [2.45, 2.75) is 41.5 Å². The lowest BCUT2D eigenvalue weighted by atomic mass is 10.1. The Labute approximate surface area is 72.0 Å². The zero-order chi connectivity index (χ0) is 9.28. The van der Waals surface area contributed by atoms with Gasteiger partial charge in [0, 0.05) is 5.92 Å². The minimum Gasteiger partial charge on any atom is -0.0734 e. The van der Waals surface area contributed by atoms with Crippen molar-refractivity contribution < 1.29 is 0 Å². The van der Waals surface area contributed by atoms with Gasteiger partial charge < -0.3 is 0 Å². The summed E-state index contributed by atoms with van der Waals surface area (Å²) in [7, 11) is 0. The lowest BCUT2D eigenvalue weighted by Crippen LogP contribution is -1.80. The zero-order valence-electron chi connectivity index (χ0n) is 8.73. The molecular formula is C11H21. The Balaban J connectivity index is 0. The summed E-state index contributed by atoms with van der Waals surface area (Å²) in [6, 6.07) is 0. The molecule has 0 aromatic heterocycles. The van der Waals surface area contributed by atoms with Gasteiger partial charge in [0.05, 0.1) is 0 Å². The molecule has 0 atom stereocenters. The average molecular weight is 153 g/mol. The molecule has 65 valence electrons. The van der Waals surface area contributed by atoms with Gasteiger partial charge in [0.2, 0.25) is 0 Å². The quantitative estimate of drug-likeness (QED) is 0.490. The second-order valence-corrected chi connectivity index (χ2v) is 1.89. The summed E-state index contributed by atoms with van der Waals surface area (Å²) in [6.45, 7) is 12.2. The zero-order valence-corrected chi connectivity index (χ0v) is 8.73. The van der Waals surface area contributed by atoms with Crippen LogP contribution in [0.2, 0.25) is 0 Å². The van der Waals surface area contributed by atoms with E-state index in [2.05, 4.69) is 32.1 Å². The molecule has 1 rings (SSSR count). The van der Waals surface area contributed by atoms with Crippen molar-refractivity contribution in [3.8, 4) is 0 Å². The predicted octanol–water partition coefficient (Wildman–Crippen LogP) is 4.15. The van der Waals surface area contributed by atoms with Gasteiger partial charge in [0.1, 0.15) is 0 Å². The molecule has 0 nitrogen and oxygen atoms in total. The summed E-state index contributed by atoms with van der Waals surface area (Å²) in [5.74, 6) is 1.39. The smallest absolute Gasteiger partial charge is 0.0192 e. The molecule has 0 saturated heterocycles. The van der Waals surface area contributed by atoms with E-state index < -0.39 is 0 Å². The SMILES string of the molecule is CC.CC.C[C]1C=CC=C1C. The van der Waals surface area contributed by atoms with Crippen molar-refractivity contribution in [2.24, 2.45) is 0 Å². The highest BCUT2D eigenvalue weighted by molar-refractivity contribution is 5.39. The van der Waals surface area contributed by atoms with Crippen molar-refractivity contribution in [1.29, 1.82) is 0 Å². The molecule has 0 bridgehead atoms. The molecule has 0 amide bonds. The fraction of sp³-hybridized carbons (Fsp3) is 0.545. The van der Waals surface area contributed by atoms with E-state index in [9.17, 15) is 0 Å². The summed E-state index contributed by atoms with van der Waals surface area (Å²) in [6.07, 6.45) is 6.31. The molecule has 0 saturated carbocycles. The van der Waals surface area contributed by atoms with Crippen LogP contribution in [0, 0.1) is 5.92 Å². The lowest BCUT2D eigenvalue weighted by molar-refractivity contribution is 1.23. The van der Waals surface area contributed by atoms with Crippen molar-refractivity contribution in [3.05, 3.63) is 29.7 Å². The minimum absolute atomic E-state index is 1.39. The lowest BCUT2D eigenvalue weighted by Gasteiger charge is -1.95. The first-order valence-electron chi connectivity index (χ1n) is 4.49. The third-order valence-electron chi connectivity index (χ3n) is 1.31. The first-order chi connectivity index (χ1) is 5.30. The molecule has 1 aliphatic carbocycles. The summed E-state index contributed by atoms with van der Waals surface area (Å²) >= 11 is 0. The molecule has 0 heterocycles. The topological polar surface area (TPSA) is 0 Å². The Kier molecular flexibility index (Phi) is 11.3. The fourth-order valence-corrected chi connectivity index (χ4v) is 0.600. The largest absolute Gasteiger partial charge is 0.0734 e. The normalized spacial score (nSPS) is 14.2. The number of hydrogen-bond donors (Lipinski definition) is 0. The van der Waals surface area contributed by atoms with E-state index in [1.807, 2.05) is 27.7 Å². The van der Waals surface area contributed by atoms with Gasteiger partial charge in [-0.25, -0.2) is 0 Å². The van der Waals surface area contributed by atoms with Gasteiger partial charge in [-0.15, -0.1) is 0 Å². The first kappa shape index (κ1) is 13.1. The van der Waals surface area contributed by atoms with E-state index in [0.717, 1.165) is 0 Å². The van der Waals surface area contributed by atoms with Crippen LogP contribution in [0.4, 0.5) is 0 Å². The van der Waals surface area contributed by atoms with Crippen LogP contribution < -0.4 is 0 Å². The average Bonchev–Trinajstić information content (AvgIpc) is 2.44. The Morgan fingerprint density at radius 3 is 1.45 bits per heavy atom. The highest BCUT2D eigenvalue weighted by atomic mass is 14.1. The predicted molar refractivity (Wildman–Crippen MR) is 54.5 cm³/mol. The molecular weight excluding hydrogens is 132 g/mol. The van der Waals surface area contributed by atoms with E-state index in [4.69, 9.17) is 0 Å². The summed E-state index contributed by atoms with van der Waals surface area (Å²) in [5, 5.41) is 0. The Hall–Kier alpha value is -0.520. The maximum atomic E-state index is 2.12. The maximum Gasteiger partial charge on any atom is 0.0192 e. The van der Waals surface area contributed by atoms with Crippen LogP contribution >= 0.6 is 0 Å². The summed E-state index contributed by atoms with van der Waals surface area (Å²) in [5.41, 5.74) is 1.39. The van der Waals surface area contributed by atoms with Crippen molar-refractivity contribution in [3.63, 3.8) is 0 Å². The molecule has 0 unspecified atom stereocenters. The van der Waals surface area contributed by atoms with Crippen LogP contribution in [0.15, 0.2) is 23.8 Å². The Bertz CT molecular complexity index is 118. The fourth-order valence-electron chi connectivity index (χ4n) is 0.600. The van der Waals surface area contributed by atoms with Crippen LogP contribution in [0.1, 0.15) is 41.5 Å². The second kappa shape index (κ2) is 9.48. The summed E-state index contributed by atoms with van der Waals surface area (Å²) in [4.78, 5) is 0. The molecule has 0 heteroatoms. The van der Waals surface area contributed by atoms with Crippen LogP contribution in [0.25, 0.3) is 0 Å².